The Balaban J connectivity index is 1.51. The number of nitrogens with zero attached hydrogens (tertiary/aromatic N) is 3. The summed E-state index contributed by atoms with van der Waals surface area (Å²) in [7, 11) is 1.63. The van der Waals surface area contributed by atoms with E-state index in [0.717, 1.165) is 24.6 Å². The molecule has 7 nitrogen and oxygen atoms in total. The van der Waals surface area contributed by atoms with Crippen LogP contribution in [0.5, 0.6) is 11.5 Å². The number of benzene rings is 1. The molecule has 1 aliphatic rings. The van der Waals surface area contributed by atoms with Crippen LogP contribution >= 0.6 is 0 Å². The lowest BCUT2D eigenvalue weighted by Gasteiger charge is -2.21. The summed E-state index contributed by atoms with van der Waals surface area (Å²) in [6.45, 7) is 2.61. The van der Waals surface area contributed by atoms with Crippen molar-refractivity contribution >= 4 is 0 Å². The quantitative estimate of drug-likeness (QED) is 0.821. The molecule has 0 aliphatic carbocycles. The molecule has 1 aliphatic heterocycles. The van der Waals surface area contributed by atoms with Crippen molar-refractivity contribution in [2.24, 2.45) is 0 Å². The monoisotopic (exact) mass is 304 g/mol. The Kier molecular flexibility index (Phi) is 4.26. The van der Waals surface area contributed by atoms with Gasteiger partial charge in [0.15, 0.2) is 11.5 Å². The molecular weight excluding hydrogens is 284 g/mol. The third kappa shape index (κ3) is 3.05. The van der Waals surface area contributed by atoms with E-state index in [2.05, 4.69) is 20.3 Å². The Morgan fingerprint density at radius 2 is 2.18 bits per heavy atom. The molecule has 118 valence electrons. The van der Waals surface area contributed by atoms with Crippen LogP contribution in [0.25, 0.3) is 0 Å². The standard InChI is InChI=1S/C15H20N4O3/c1-21-12-4-2-3-5-13(12)22-9-8-19-7-6-15(20,11-19)14-10-16-18-17-14/h2-5,10,20H,6-9,11H2,1H3,(H,16,17,18). The molecule has 22 heavy (non-hydrogen) atoms. The highest BCUT2D eigenvalue weighted by atomic mass is 16.5. The van der Waals surface area contributed by atoms with Crippen LogP contribution in [-0.4, -0.2) is 58.8 Å². The number of methoxy groups -OCH3 is 1. The molecule has 0 bridgehead atoms. The number of likely N-dealkylation sites (tertiary alicyclic amines) is 1. The molecule has 2 aromatic rings. The zero-order valence-corrected chi connectivity index (χ0v) is 12.5. The van der Waals surface area contributed by atoms with Crippen molar-refractivity contribution in [3.8, 4) is 11.5 Å². The third-order valence-corrected chi connectivity index (χ3v) is 3.95. The summed E-state index contributed by atoms with van der Waals surface area (Å²) in [4.78, 5) is 2.16. The van der Waals surface area contributed by atoms with Gasteiger partial charge in [-0.05, 0) is 18.6 Å². The Hall–Kier alpha value is -2.12. The second-order valence-corrected chi connectivity index (χ2v) is 5.41. The minimum absolute atomic E-state index is 0.537. The van der Waals surface area contributed by atoms with E-state index in [4.69, 9.17) is 9.47 Å². The predicted molar refractivity (Wildman–Crippen MR) is 79.8 cm³/mol. The van der Waals surface area contributed by atoms with Crippen LogP contribution < -0.4 is 9.47 Å². The van der Waals surface area contributed by atoms with Crippen LogP contribution in [0.15, 0.2) is 30.5 Å². The molecule has 1 saturated heterocycles. The highest BCUT2D eigenvalue weighted by Gasteiger charge is 2.39. The van der Waals surface area contributed by atoms with Gasteiger partial charge in [0.25, 0.3) is 0 Å². The highest BCUT2D eigenvalue weighted by Crippen LogP contribution is 2.30. The Labute approximate surface area is 128 Å². The van der Waals surface area contributed by atoms with Gasteiger partial charge in [0.2, 0.25) is 0 Å². The molecule has 1 aromatic carbocycles. The molecule has 0 radical (unpaired) electrons. The fourth-order valence-corrected chi connectivity index (χ4v) is 2.72. The number of hydrogen-bond donors (Lipinski definition) is 2. The number of β-amino-alcohol motifs (C(OH)–C–C–N with tert-alkyl or cyclic N) is 1. The van der Waals surface area contributed by atoms with Gasteiger partial charge < -0.3 is 14.6 Å². The summed E-state index contributed by atoms with van der Waals surface area (Å²) in [6.07, 6.45) is 2.23. The lowest BCUT2D eigenvalue weighted by atomic mass is 10.0. The van der Waals surface area contributed by atoms with Crippen LogP contribution in [0.2, 0.25) is 0 Å². The number of H-pyrrole nitrogens is 1. The number of para-hydroxylation sites is 2. The maximum Gasteiger partial charge on any atom is 0.161 e. The number of hydrogen-bond acceptors (Lipinski definition) is 6. The first-order valence-electron chi connectivity index (χ1n) is 7.28. The normalized spacial score (nSPS) is 21.9. The third-order valence-electron chi connectivity index (χ3n) is 3.95. The number of ether oxygens (including phenoxy) is 2. The van der Waals surface area contributed by atoms with Gasteiger partial charge in [0.05, 0.1) is 13.3 Å². The van der Waals surface area contributed by atoms with E-state index in [0.29, 0.717) is 25.3 Å². The van der Waals surface area contributed by atoms with Crippen LogP contribution in [0, 0.1) is 0 Å². The largest absolute Gasteiger partial charge is 0.493 e. The molecule has 0 saturated carbocycles. The highest BCUT2D eigenvalue weighted by molar-refractivity contribution is 5.39. The van der Waals surface area contributed by atoms with E-state index in [1.54, 1.807) is 13.3 Å². The van der Waals surface area contributed by atoms with E-state index in [1.165, 1.54) is 0 Å². The van der Waals surface area contributed by atoms with Gasteiger partial charge in [0.1, 0.15) is 17.9 Å². The Bertz CT molecular complexity index is 605. The zero-order chi connectivity index (χ0) is 15.4. The first-order valence-corrected chi connectivity index (χ1v) is 7.28. The molecule has 3 rings (SSSR count). The second-order valence-electron chi connectivity index (χ2n) is 5.41. The van der Waals surface area contributed by atoms with Crippen LogP contribution in [0.4, 0.5) is 0 Å². The van der Waals surface area contributed by atoms with Crippen molar-refractivity contribution in [1.29, 1.82) is 0 Å². The maximum atomic E-state index is 10.6. The first kappa shape index (κ1) is 14.8. The molecular formula is C15H20N4O3. The molecule has 1 unspecified atom stereocenters. The topological polar surface area (TPSA) is 83.5 Å². The van der Waals surface area contributed by atoms with Gasteiger partial charge in [0, 0.05) is 19.6 Å². The molecule has 2 N–H and O–H groups in total. The SMILES string of the molecule is COc1ccccc1OCCN1CCC(O)(c2cn[nH]n2)C1. The molecule has 0 spiro atoms. The smallest absolute Gasteiger partial charge is 0.161 e. The van der Waals surface area contributed by atoms with Crippen molar-refractivity contribution in [2.45, 2.75) is 12.0 Å². The zero-order valence-electron chi connectivity index (χ0n) is 12.5. The number of aromatic amines is 1. The van der Waals surface area contributed by atoms with Crippen LogP contribution in [0.3, 0.4) is 0 Å². The summed E-state index contributed by atoms with van der Waals surface area (Å²) in [5.41, 5.74) is -0.321. The van der Waals surface area contributed by atoms with E-state index >= 15 is 0 Å². The van der Waals surface area contributed by atoms with E-state index in [9.17, 15) is 5.11 Å². The minimum Gasteiger partial charge on any atom is -0.493 e. The van der Waals surface area contributed by atoms with Crippen LogP contribution in [0.1, 0.15) is 12.1 Å². The Morgan fingerprint density at radius 3 is 2.91 bits per heavy atom. The van der Waals surface area contributed by atoms with Gasteiger partial charge in [-0.2, -0.15) is 15.4 Å². The first-order chi connectivity index (χ1) is 10.7. The average Bonchev–Trinajstić information content (AvgIpc) is 3.19. The van der Waals surface area contributed by atoms with Gasteiger partial charge in [-0.3, -0.25) is 4.90 Å². The lowest BCUT2D eigenvalue weighted by molar-refractivity contribution is 0.0403. The molecule has 0 amide bonds. The van der Waals surface area contributed by atoms with E-state index < -0.39 is 5.60 Å². The van der Waals surface area contributed by atoms with Crippen molar-refractivity contribution in [1.82, 2.24) is 20.3 Å². The Morgan fingerprint density at radius 1 is 1.36 bits per heavy atom. The van der Waals surface area contributed by atoms with Gasteiger partial charge in [-0.15, -0.1) is 0 Å². The minimum atomic E-state index is -0.919. The molecule has 1 aromatic heterocycles. The van der Waals surface area contributed by atoms with Gasteiger partial charge in [-0.1, -0.05) is 12.1 Å². The molecule has 7 heteroatoms. The number of aromatic nitrogens is 3. The van der Waals surface area contributed by atoms with E-state index in [1.807, 2.05) is 24.3 Å². The van der Waals surface area contributed by atoms with Crippen LogP contribution in [-0.2, 0) is 5.60 Å². The van der Waals surface area contributed by atoms with Crippen molar-refractivity contribution < 1.29 is 14.6 Å². The van der Waals surface area contributed by atoms with Crippen molar-refractivity contribution in [3.05, 3.63) is 36.2 Å². The predicted octanol–water partition coefficient (Wildman–Crippen LogP) is 0.786. The molecule has 2 heterocycles. The summed E-state index contributed by atoms with van der Waals surface area (Å²) in [5.74, 6) is 1.46. The second kappa shape index (κ2) is 6.33. The fraction of sp³-hybridized carbons (Fsp3) is 0.467. The molecule has 1 fully saturated rings. The molecule has 1 atom stereocenters. The fourth-order valence-electron chi connectivity index (χ4n) is 2.72. The average molecular weight is 304 g/mol. The van der Waals surface area contributed by atoms with Crippen molar-refractivity contribution in [2.75, 3.05) is 33.4 Å². The summed E-state index contributed by atoms with van der Waals surface area (Å²) >= 11 is 0. The van der Waals surface area contributed by atoms with Gasteiger partial charge >= 0.3 is 0 Å². The maximum absolute atomic E-state index is 10.6. The summed E-state index contributed by atoms with van der Waals surface area (Å²) in [5, 5.41) is 20.9. The summed E-state index contributed by atoms with van der Waals surface area (Å²) in [6, 6.07) is 7.57. The number of nitrogens with one attached hydrogen (secondary N) is 1. The number of aliphatic hydroxyl groups is 1. The van der Waals surface area contributed by atoms with E-state index in [-0.39, 0.29) is 0 Å². The summed E-state index contributed by atoms with van der Waals surface area (Å²) < 4.78 is 11.0. The number of rotatable bonds is 6. The lowest BCUT2D eigenvalue weighted by Crippen LogP contribution is -2.33. The van der Waals surface area contributed by atoms with Crippen molar-refractivity contribution in [3.63, 3.8) is 0 Å². The van der Waals surface area contributed by atoms with Gasteiger partial charge in [-0.25, -0.2) is 0 Å².